The van der Waals surface area contributed by atoms with Crippen molar-refractivity contribution in [3.8, 4) is 0 Å². The first-order valence-electron chi connectivity index (χ1n) is 5.30. The monoisotopic (exact) mass is 308 g/mol. The summed E-state index contributed by atoms with van der Waals surface area (Å²) in [4.78, 5) is 0. The fraction of sp³-hybridized carbons (Fsp3) is 0.167. The molecule has 0 aliphatic heterocycles. The molecular weight excluding hydrogens is 300 g/mol. The summed E-state index contributed by atoms with van der Waals surface area (Å²) in [6.07, 6.45) is 0. The third kappa shape index (κ3) is 2.04. The van der Waals surface area contributed by atoms with Crippen molar-refractivity contribution in [2.24, 2.45) is 0 Å². The van der Waals surface area contributed by atoms with Gasteiger partial charge in [0.2, 0.25) is 0 Å². The number of hydrogen-bond acceptors (Lipinski definition) is 2. The molecule has 2 rings (SSSR count). The Balaban J connectivity index is 2.76. The fourth-order valence-corrected chi connectivity index (χ4v) is 2.25. The van der Waals surface area contributed by atoms with Crippen LogP contribution in [0.1, 0.15) is 5.56 Å². The van der Waals surface area contributed by atoms with Crippen LogP contribution in [0.2, 0.25) is 0 Å². The Morgan fingerprint density at radius 3 is 2.05 bits per heavy atom. The van der Waals surface area contributed by atoms with E-state index >= 15 is 0 Å². The summed E-state index contributed by atoms with van der Waals surface area (Å²) >= 11 is 0. The first-order valence-corrected chi connectivity index (χ1v) is 6.74. The van der Waals surface area contributed by atoms with Gasteiger partial charge in [-0.05, 0) is 10.8 Å². The Bertz CT molecular complexity index is 751. The molecule has 0 radical (unpaired) electrons. The lowest BCUT2D eigenvalue weighted by molar-refractivity contribution is -0.166. The normalized spacial score (nSPS) is 13.7. The Labute approximate surface area is 111 Å². The molecule has 0 amide bonds. The van der Waals surface area contributed by atoms with E-state index in [1.807, 2.05) is 0 Å². The second-order valence-electron chi connectivity index (χ2n) is 4.09. The number of hydrogen-bond donors (Lipinski definition) is 1. The van der Waals surface area contributed by atoms with Gasteiger partial charge in [-0.1, -0.05) is 42.5 Å². The molecule has 2 aromatic rings. The van der Waals surface area contributed by atoms with Gasteiger partial charge in [0.25, 0.3) is 0 Å². The van der Waals surface area contributed by atoms with Gasteiger partial charge in [0, 0.05) is 5.56 Å². The van der Waals surface area contributed by atoms with Crippen molar-refractivity contribution in [3.05, 3.63) is 48.0 Å². The van der Waals surface area contributed by atoms with Gasteiger partial charge >= 0.3 is 21.3 Å². The van der Waals surface area contributed by atoms with Crippen molar-refractivity contribution in [1.29, 1.82) is 0 Å². The van der Waals surface area contributed by atoms with Gasteiger partial charge in [0.05, 0.1) is 0 Å². The largest absolute Gasteiger partial charge is 0.436 e. The molecule has 0 spiro atoms. The summed E-state index contributed by atoms with van der Waals surface area (Å²) in [6.45, 7) is 0. The van der Waals surface area contributed by atoms with Crippen molar-refractivity contribution >= 4 is 20.9 Å². The van der Waals surface area contributed by atoms with Gasteiger partial charge in [0.15, 0.2) is 0 Å². The fourth-order valence-electron chi connectivity index (χ4n) is 1.82. The standard InChI is InChI=1S/C12H8F4O3S/c13-11(14,12(15,16)20(17,18)19)10-7-3-5-8-4-1-2-6-9(8)10/h1-7H,(H,17,18,19). The Morgan fingerprint density at radius 1 is 0.900 bits per heavy atom. The molecule has 8 heteroatoms. The van der Waals surface area contributed by atoms with Gasteiger partial charge in [-0.15, -0.1) is 0 Å². The maximum absolute atomic E-state index is 13.9. The van der Waals surface area contributed by atoms with Crippen LogP contribution in [-0.4, -0.2) is 18.2 Å². The van der Waals surface area contributed by atoms with Gasteiger partial charge < -0.3 is 0 Å². The quantitative estimate of drug-likeness (QED) is 0.698. The van der Waals surface area contributed by atoms with E-state index in [1.165, 1.54) is 30.3 Å². The highest BCUT2D eigenvalue weighted by atomic mass is 32.2. The van der Waals surface area contributed by atoms with Gasteiger partial charge in [0.1, 0.15) is 0 Å². The molecule has 20 heavy (non-hydrogen) atoms. The average Bonchev–Trinajstić information content (AvgIpc) is 2.36. The predicted molar refractivity (Wildman–Crippen MR) is 64.3 cm³/mol. The minimum atomic E-state index is -6.26. The number of rotatable bonds is 3. The molecule has 0 aromatic heterocycles. The highest BCUT2D eigenvalue weighted by Crippen LogP contribution is 2.47. The molecule has 0 aliphatic carbocycles. The van der Waals surface area contributed by atoms with Crippen molar-refractivity contribution < 1.29 is 30.5 Å². The van der Waals surface area contributed by atoms with Crippen LogP contribution in [0.25, 0.3) is 10.8 Å². The lowest BCUT2D eigenvalue weighted by Gasteiger charge is -2.25. The number of alkyl halides is 4. The Kier molecular flexibility index (Phi) is 3.26. The third-order valence-corrected chi connectivity index (χ3v) is 3.72. The second-order valence-corrected chi connectivity index (χ2v) is 5.56. The SMILES string of the molecule is O=S(=O)(O)C(F)(F)C(F)(F)c1cccc2ccccc12. The molecule has 0 unspecified atom stereocenters. The maximum Gasteiger partial charge on any atom is 0.436 e. The van der Waals surface area contributed by atoms with Crippen molar-refractivity contribution in [2.45, 2.75) is 11.2 Å². The first-order chi connectivity index (χ1) is 9.09. The number of benzene rings is 2. The molecule has 1 N–H and O–H groups in total. The van der Waals surface area contributed by atoms with Crippen molar-refractivity contribution in [2.75, 3.05) is 0 Å². The van der Waals surface area contributed by atoms with Crippen LogP contribution in [0.5, 0.6) is 0 Å². The van der Waals surface area contributed by atoms with E-state index in [-0.39, 0.29) is 10.8 Å². The Hall–Kier alpha value is -1.67. The molecular formula is C12H8F4O3S. The molecule has 0 saturated carbocycles. The van der Waals surface area contributed by atoms with Crippen LogP contribution in [0.15, 0.2) is 42.5 Å². The summed E-state index contributed by atoms with van der Waals surface area (Å²) in [5.41, 5.74) is -1.17. The first kappa shape index (κ1) is 14.7. The highest BCUT2D eigenvalue weighted by molar-refractivity contribution is 7.86. The summed E-state index contributed by atoms with van der Waals surface area (Å²) in [7, 11) is -6.26. The van der Waals surface area contributed by atoms with Crippen LogP contribution in [0.3, 0.4) is 0 Å². The number of halogens is 4. The van der Waals surface area contributed by atoms with Crippen LogP contribution in [-0.2, 0) is 16.0 Å². The Morgan fingerprint density at radius 2 is 1.45 bits per heavy atom. The summed E-state index contributed by atoms with van der Waals surface area (Å²) in [5.74, 6) is -5.07. The minimum absolute atomic E-state index is 0.219. The molecule has 2 aromatic carbocycles. The van der Waals surface area contributed by atoms with Crippen LogP contribution in [0, 0.1) is 0 Å². The van der Waals surface area contributed by atoms with E-state index in [0.29, 0.717) is 6.07 Å². The molecule has 108 valence electrons. The van der Waals surface area contributed by atoms with Gasteiger partial charge in [-0.25, -0.2) is 0 Å². The number of fused-ring (bicyclic) bond motifs is 1. The van der Waals surface area contributed by atoms with E-state index in [2.05, 4.69) is 0 Å². The predicted octanol–water partition coefficient (Wildman–Crippen LogP) is 3.41. The molecule has 0 saturated heterocycles. The summed E-state index contributed by atoms with van der Waals surface area (Å²) in [5, 5.41) is -5.59. The van der Waals surface area contributed by atoms with Gasteiger partial charge in [-0.2, -0.15) is 26.0 Å². The van der Waals surface area contributed by atoms with Crippen LogP contribution >= 0.6 is 0 Å². The van der Waals surface area contributed by atoms with E-state index in [0.717, 1.165) is 6.07 Å². The highest BCUT2D eigenvalue weighted by Gasteiger charge is 2.66. The van der Waals surface area contributed by atoms with E-state index in [4.69, 9.17) is 4.55 Å². The minimum Gasteiger partial charge on any atom is -0.281 e. The maximum atomic E-state index is 13.9. The smallest absolute Gasteiger partial charge is 0.281 e. The summed E-state index contributed by atoms with van der Waals surface area (Å²) < 4.78 is 83.8. The zero-order valence-electron chi connectivity index (χ0n) is 9.73. The van der Waals surface area contributed by atoms with Crippen LogP contribution in [0.4, 0.5) is 17.6 Å². The average molecular weight is 308 g/mol. The van der Waals surface area contributed by atoms with Crippen molar-refractivity contribution in [1.82, 2.24) is 0 Å². The molecule has 3 nitrogen and oxygen atoms in total. The lowest BCUT2D eigenvalue weighted by Crippen LogP contribution is -2.44. The second kappa shape index (κ2) is 4.42. The topological polar surface area (TPSA) is 54.4 Å². The molecule has 0 atom stereocenters. The molecule has 0 fully saturated rings. The van der Waals surface area contributed by atoms with E-state index in [9.17, 15) is 26.0 Å². The van der Waals surface area contributed by atoms with Crippen molar-refractivity contribution in [3.63, 3.8) is 0 Å². The zero-order valence-corrected chi connectivity index (χ0v) is 10.5. The molecule has 0 heterocycles. The van der Waals surface area contributed by atoms with E-state index < -0.39 is 26.9 Å². The van der Waals surface area contributed by atoms with Crippen LogP contribution < -0.4 is 0 Å². The zero-order chi connectivity index (χ0) is 15.2. The molecule has 0 bridgehead atoms. The van der Waals surface area contributed by atoms with Gasteiger partial charge in [-0.3, -0.25) is 4.55 Å². The third-order valence-electron chi connectivity index (χ3n) is 2.82. The summed E-state index contributed by atoms with van der Waals surface area (Å²) in [6, 6.07) is 8.67. The molecule has 0 aliphatic rings. The van der Waals surface area contributed by atoms with E-state index in [1.54, 1.807) is 0 Å². The lowest BCUT2D eigenvalue weighted by atomic mass is 10.00.